The van der Waals surface area contributed by atoms with Gasteiger partial charge in [-0.1, -0.05) is 6.07 Å². The van der Waals surface area contributed by atoms with Crippen molar-refractivity contribution in [1.82, 2.24) is 4.90 Å². The van der Waals surface area contributed by atoms with Gasteiger partial charge >= 0.3 is 11.9 Å². The first-order valence-electron chi connectivity index (χ1n) is 12.7. The summed E-state index contributed by atoms with van der Waals surface area (Å²) in [7, 11) is 0. The predicted octanol–water partition coefficient (Wildman–Crippen LogP) is 6.21. The Bertz CT molecular complexity index is 1710. The first-order valence-corrected chi connectivity index (χ1v) is 13.5. The van der Waals surface area contributed by atoms with Crippen molar-refractivity contribution in [3.05, 3.63) is 80.7 Å². The Morgan fingerprint density at radius 1 is 1.07 bits per heavy atom. The monoisotopic (exact) mass is 631 g/mol. The van der Waals surface area contributed by atoms with Gasteiger partial charge in [0.05, 0.1) is 22.0 Å². The number of benzene rings is 3. The number of imide groups is 1. The van der Waals surface area contributed by atoms with Gasteiger partial charge in [0, 0.05) is 17.8 Å². The van der Waals surface area contributed by atoms with Crippen LogP contribution in [0.4, 0.5) is 29.3 Å². The molecule has 12 nitrogen and oxygen atoms in total. The molecule has 1 saturated heterocycles. The van der Waals surface area contributed by atoms with Crippen molar-refractivity contribution in [2.45, 2.75) is 13.1 Å². The molecule has 2 aliphatic heterocycles. The average Bonchev–Trinajstić information content (AvgIpc) is 3.53. The third-order valence-corrected chi connectivity index (χ3v) is 7.01. The van der Waals surface area contributed by atoms with E-state index in [9.17, 15) is 37.7 Å². The molecule has 0 bridgehead atoms. The molecule has 0 atom stereocenters. The lowest BCUT2D eigenvalue weighted by Crippen LogP contribution is -2.36. The Balaban J connectivity index is 1.31. The normalized spacial score (nSPS) is 15.1. The Kier molecular flexibility index (Phi) is 8.35. The van der Waals surface area contributed by atoms with Gasteiger partial charge in [-0.15, -0.1) is 0 Å². The van der Waals surface area contributed by atoms with Gasteiger partial charge in [-0.05, 0) is 66.7 Å². The SMILES string of the molecule is CCOc1cc(/C=C2/SC(=O)N(CC(=O)Nc3ccc4c(c3)OCO4)C2=O)ccc1Oc1ccc(C(F)(F)F)cc1[N+](=O)[O-]. The average molecular weight is 632 g/mol. The number of nitro benzene ring substituents is 1. The molecule has 1 fully saturated rings. The van der Waals surface area contributed by atoms with Gasteiger partial charge in [0.25, 0.3) is 11.1 Å². The van der Waals surface area contributed by atoms with Crippen LogP contribution in [-0.2, 0) is 15.8 Å². The van der Waals surface area contributed by atoms with Gasteiger partial charge in [-0.2, -0.15) is 13.2 Å². The summed E-state index contributed by atoms with van der Waals surface area (Å²) in [4.78, 5) is 49.4. The number of thioether (sulfide) groups is 1. The number of carbonyl (C=O) groups is 3. The van der Waals surface area contributed by atoms with E-state index < -0.39 is 51.7 Å². The van der Waals surface area contributed by atoms with E-state index in [0.717, 1.165) is 11.0 Å². The quantitative estimate of drug-likeness (QED) is 0.164. The molecule has 3 aromatic rings. The molecule has 1 N–H and O–H groups in total. The highest BCUT2D eigenvalue weighted by Gasteiger charge is 2.37. The number of ether oxygens (including phenoxy) is 4. The number of fused-ring (bicyclic) bond motifs is 1. The second-order valence-corrected chi connectivity index (χ2v) is 10.1. The molecule has 0 radical (unpaired) electrons. The maximum Gasteiger partial charge on any atom is 0.416 e. The number of carbonyl (C=O) groups excluding carboxylic acids is 3. The zero-order chi connectivity index (χ0) is 31.6. The minimum absolute atomic E-state index is 0.0142. The van der Waals surface area contributed by atoms with Crippen LogP contribution >= 0.6 is 11.8 Å². The first kappa shape index (κ1) is 30.2. The molecule has 0 saturated carbocycles. The number of halogens is 3. The fourth-order valence-electron chi connectivity index (χ4n) is 4.11. The maximum absolute atomic E-state index is 13.1. The molecule has 228 valence electrons. The van der Waals surface area contributed by atoms with Crippen molar-refractivity contribution in [1.29, 1.82) is 0 Å². The summed E-state index contributed by atoms with van der Waals surface area (Å²) in [5, 5.41) is 13.4. The lowest BCUT2D eigenvalue weighted by molar-refractivity contribution is -0.385. The number of nitrogens with one attached hydrogen (secondary N) is 1. The smallest absolute Gasteiger partial charge is 0.416 e. The number of hydrogen-bond acceptors (Lipinski definition) is 10. The third-order valence-electron chi connectivity index (χ3n) is 6.10. The summed E-state index contributed by atoms with van der Waals surface area (Å²) in [6.07, 6.45) is -3.41. The second kappa shape index (κ2) is 12.2. The van der Waals surface area contributed by atoms with Gasteiger partial charge in [0.15, 0.2) is 23.0 Å². The Morgan fingerprint density at radius 2 is 1.82 bits per heavy atom. The van der Waals surface area contributed by atoms with Crippen LogP contribution in [0, 0.1) is 10.1 Å². The Morgan fingerprint density at radius 3 is 2.55 bits per heavy atom. The molecule has 0 spiro atoms. The lowest BCUT2D eigenvalue weighted by Gasteiger charge is -2.14. The van der Waals surface area contributed by atoms with Crippen molar-refractivity contribution < 1.29 is 51.4 Å². The molecule has 2 heterocycles. The largest absolute Gasteiger partial charge is 0.490 e. The van der Waals surface area contributed by atoms with Crippen LogP contribution in [0.2, 0.25) is 0 Å². The molecule has 0 aliphatic carbocycles. The Labute approximate surface area is 250 Å². The molecule has 0 unspecified atom stereocenters. The molecule has 0 aromatic heterocycles. The number of rotatable bonds is 9. The number of hydrogen-bond donors (Lipinski definition) is 1. The standard InChI is InChI=1S/C28H20F3N3O9S/c1-2-40-22-9-15(3-6-21(22)43-19-7-4-16(28(29,30)31)11-18(19)34(38)39)10-24-26(36)33(27(37)44-24)13-25(35)32-17-5-8-20-23(12-17)42-14-41-20/h3-12H,2,13-14H2,1H3,(H,32,35)/b24-10+. The van der Waals surface area contributed by atoms with Crippen molar-refractivity contribution in [2.75, 3.05) is 25.3 Å². The highest BCUT2D eigenvalue weighted by molar-refractivity contribution is 8.18. The number of nitrogens with zero attached hydrogens (tertiary/aromatic N) is 2. The molecular formula is C28H20F3N3O9S. The summed E-state index contributed by atoms with van der Waals surface area (Å²) < 4.78 is 60.8. The molecule has 3 aromatic carbocycles. The highest BCUT2D eigenvalue weighted by atomic mass is 32.2. The van der Waals surface area contributed by atoms with E-state index >= 15 is 0 Å². The summed E-state index contributed by atoms with van der Waals surface area (Å²) in [5.74, 6) is -0.788. The third kappa shape index (κ3) is 6.54. The number of alkyl halides is 3. The molecule has 16 heteroatoms. The van der Waals surface area contributed by atoms with E-state index in [1.165, 1.54) is 24.3 Å². The minimum Gasteiger partial charge on any atom is -0.490 e. The van der Waals surface area contributed by atoms with E-state index in [2.05, 4.69) is 5.32 Å². The fourth-order valence-corrected chi connectivity index (χ4v) is 4.95. The van der Waals surface area contributed by atoms with Crippen LogP contribution in [0.15, 0.2) is 59.5 Å². The number of anilines is 1. The summed E-state index contributed by atoms with van der Waals surface area (Å²) in [6.45, 7) is 1.29. The van der Waals surface area contributed by atoms with Crippen molar-refractivity contribution in [3.8, 4) is 28.7 Å². The van der Waals surface area contributed by atoms with Crippen molar-refractivity contribution >= 4 is 46.3 Å². The zero-order valence-corrected chi connectivity index (χ0v) is 23.3. The topological polar surface area (TPSA) is 147 Å². The summed E-state index contributed by atoms with van der Waals surface area (Å²) in [6, 6.07) is 10.8. The predicted molar refractivity (Wildman–Crippen MR) is 150 cm³/mol. The summed E-state index contributed by atoms with van der Waals surface area (Å²) >= 11 is 0.619. The highest BCUT2D eigenvalue weighted by Crippen LogP contribution is 2.41. The van der Waals surface area contributed by atoms with Crippen LogP contribution in [0.25, 0.3) is 6.08 Å². The van der Waals surface area contributed by atoms with Gasteiger partial charge in [-0.25, -0.2) is 0 Å². The minimum atomic E-state index is -4.79. The molecule has 44 heavy (non-hydrogen) atoms. The van der Waals surface area contributed by atoms with E-state index in [-0.39, 0.29) is 29.8 Å². The van der Waals surface area contributed by atoms with Gasteiger partial charge in [0.2, 0.25) is 18.4 Å². The molecule has 3 amide bonds. The molecule has 5 rings (SSSR count). The van der Waals surface area contributed by atoms with Crippen molar-refractivity contribution in [3.63, 3.8) is 0 Å². The van der Waals surface area contributed by atoms with Crippen LogP contribution in [0.1, 0.15) is 18.1 Å². The summed E-state index contributed by atoms with van der Waals surface area (Å²) in [5.41, 5.74) is -1.36. The van der Waals surface area contributed by atoms with Gasteiger partial charge in [-0.3, -0.25) is 29.4 Å². The van der Waals surface area contributed by atoms with Crippen LogP contribution in [0.5, 0.6) is 28.7 Å². The van der Waals surface area contributed by atoms with Crippen molar-refractivity contribution in [2.24, 2.45) is 0 Å². The van der Waals surface area contributed by atoms with E-state index in [4.69, 9.17) is 18.9 Å². The van der Waals surface area contributed by atoms with Crippen LogP contribution < -0.4 is 24.3 Å². The van der Waals surface area contributed by atoms with Crippen LogP contribution in [0.3, 0.4) is 0 Å². The second-order valence-electron chi connectivity index (χ2n) is 9.06. The lowest BCUT2D eigenvalue weighted by atomic mass is 10.1. The van der Waals surface area contributed by atoms with E-state index in [1.807, 2.05) is 0 Å². The first-order chi connectivity index (χ1) is 20.9. The van der Waals surface area contributed by atoms with Crippen LogP contribution in [-0.4, -0.2) is 46.8 Å². The van der Waals surface area contributed by atoms with Gasteiger partial charge < -0.3 is 24.3 Å². The van der Waals surface area contributed by atoms with E-state index in [1.54, 1.807) is 25.1 Å². The zero-order valence-electron chi connectivity index (χ0n) is 22.5. The fraction of sp³-hybridized carbons (Fsp3) is 0.179. The molecular weight excluding hydrogens is 611 g/mol. The molecule has 2 aliphatic rings. The number of nitro groups is 1. The maximum atomic E-state index is 13.1. The van der Waals surface area contributed by atoms with Gasteiger partial charge in [0.1, 0.15) is 6.54 Å². The number of amides is 3. The van der Waals surface area contributed by atoms with E-state index in [0.29, 0.717) is 46.6 Å². The Hall–Kier alpha value is -5.25.